The van der Waals surface area contributed by atoms with E-state index in [2.05, 4.69) is 15.1 Å². The Balaban J connectivity index is 2.23. The monoisotopic (exact) mass is 221 g/mol. The highest BCUT2D eigenvalue weighted by atomic mass is 32.2. The highest BCUT2D eigenvalue weighted by Gasteiger charge is 2.00. The molecule has 9 heteroatoms. The minimum Gasteiger partial charge on any atom is -0.412 e. The standard InChI is InChI=1S/C5H11N5O3S/c6-14(12,13)8-3-2-7-5-1-4-10(11)9-5/h1,4,8,11H,2-3H2,(H,7,9)(H2,6,12,13). The van der Waals surface area contributed by atoms with Crippen LogP contribution in [-0.4, -0.2) is 36.7 Å². The van der Waals surface area contributed by atoms with Crippen LogP contribution in [0.25, 0.3) is 0 Å². The van der Waals surface area contributed by atoms with Crippen LogP contribution in [-0.2, 0) is 10.2 Å². The van der Waals surface area contributed by atoms with E-state index in [1.807, 2.05) is 0 Å². The van der Waals surface area contributed by atoms with Crippen molar-refractivity contribution in [2.75, 3.05) is 18.4 Å². The second-order valence-electron chi connectivity index (χ2n) is 2.49. The van der Waals surface area contributed by atoms with E-state index in [1.165, 1.54) is 12.3 Å². The van der Waals surface area contributed by atoms with E-state index in [4.69, 9.17) is 10.3 Å². The van der Waals surface area contributed by atoms with Crippen LogP contribution in [0.5, 0.6) is 0 Å². The van der Waals surface area contributed by atoms with Gasteiger partial charge >= 0.3 is 0 Å². The summed E-state index contributed by atoms with van der Waals surface area (Å²) in [6.45, 7) is 0.477. The molecule has 0 aromatic carbocycles. The van der Waals surface area contributed by atoms with Gasteiger partial charge in [0, 0.05) is 19.2 Å². The predicted octanol–water partition coefficient (Wildman–Crippen LogP) is -1.67. The Kier molecular flexibility index (Phi) is 3.28. The van der Waals surface area contributed by atoms with Crippen molar-refractivity contribution < 1.29 is 13.6 Å². The lowest BCUT2D eigenvalue weighted by Gasteiger charge is -2.02. The first kappa shape index (κ1) is 10.8. The molecule has 0 bridgehead atoms. The summed E-state index contributed by atoms with van der Waals surface area (Å²) in [7, 11) is -3.64. The number of nitrogens with two attached hydrogens (primary N) is 1. The van der Waals surface area contributed by atoms with Gasteiger partial charge in [-0.3, -0.25) is 0 Å². The number of nitrogens with zero attached hydrogens (tertiary/aromatic N) is 2. The van der Waals surface area contributed by atoms with Gasteiger partial charge in [0.05, 0.1) is 6.20 Å². The fourth-order valence-corrected chi connectivity index (χ4v) is 1.18. The smallest absolute Gasteiger partial charge is 0.274 e. The highest BCUT2D eigenvalue weighted by Crippen LogP contribution is 1.98. The quantitative estimate of drug-likeness (QED) is 0.349. The number of rotatable bonds is 5. The number of hydrogen-bond donors (Lipinski definition) is 4. The van der Waals surface area contributed by atoms with Gasteiger partial charge in [-0.2, -0.15) is 8.42 Å². The van der Waals surface area contributed by atoms with Crippen molar-refractivity contribution in [3.63, 3.8) is 0 Å². The van der Waals surface area contributed by atoms with Gasteiger partial charge < -0.3 is 10.5 Å². The number of aromatic nitrogens is 2. The average molecular weight is 221 g/mol. The first-order valence-electron chi connectivity index (χ1n) is 3.73. The summed E-state index contributed by atoms with van der Waals surface area (Å²) >= 11 is 0. The van der Waals surface area contributed by atoms with Crippen molar-refractivity contribution in [3.8, 4) is 0 Å². The van der Waals surface area contributed by atoms with Gasteiger partial charge in [-0.1, -0.05) is 0 Å². The Bertz CT molecular complexity index is 386. The number of hydrogen-bond acceptors (Lipinski definition) is 5. The average Bonchev–Trinajstić information content (AvgIpc) is 2.44. The molecule has 0 spiro atoms. The maximum Gasteiger partial charge on any atom is 0.274 e. The van der Waals surface area contributed by atoms with Gasteiger partial charge in [0.15, 0.2) is 5.82 Å². The van der Waals surface area contributed by atoms with Gasteiger partial charge in [0.1, 0.15) is 0 Å². The van der Waals surface area contributed by atoms with Crippen LogP contribution in [0.1, 0.15) is 0 Å². The first-order chi connectivity index (χ1) is 6.47. The number of nitrogens with one attached hydrogen (secondary N) is 2. The lowest BCUT2D eigenvalue weighted by Crippen LogP contribution is -2.34. The Hall–Kier alpha value is -1.32. The summed E-state index contributed by atoms with van der Waals surface area (Å²) < 4.78 is 22.9. The van der Waals surface area contributed by atoms with Crippen molar-refractivity contribution in [1.82, 2.24) is 14.7 Å². The van der Waals surface area contributed by atoms with Crippen LogP contribution < -0.4 is 15.2 Å². The maximum atomic E-state index is 10.4. The molecular formula is C5H11N5O3S. The molecule has 5 N–H and O–H groups in total. The normalized spacial score (nSPS) is 11.5. The van der Waals surface area contributed by atoms with Crippen molar-refractivity contribution in [2.24, 2.45) is 5.14 Å². The van der Waals surface area contributed by atoms with E-state index in [0.29, 0.717) is 17.2 Å². The fourth-order valence-electron chi connectivity index (χ4n) is 0.792. The molecular weight excluding hydrogens is 210 g/mol. The van der Waals surface area contributed by atoms with Crippen LogP contribution in [0.15, 0.2) is 12.3 Å². The van der Waals surface area contributed by atoms with Crippen LogP contribution >= 0.6 is 0 Å². The lowest BCUT2D eigenvalue weighted by atomic mass is 10.6. The van der Waals surface area contributed by atoms with Gasteiger partial charge in [0.2, 0.25) is 0 Å². The Morgan fingerprint density at radius 3 is 2.79 bits per heavy atom. The predicted molar refractivity (Wildman–Crippen MR) is 49.0 cm³/mol. The third kappa shape index (κ3) is 4.07. The zero-order valence-electron chi connectivity index (χ0n) is 7.21. The van der Waals surface area contributed by atoms with E-state index in [1.54, 1.807) is 0 Å². The SMILES string of the molecule is NS(=O)(=O)NCCNc1ccn(O)n1. The molecule has 0 atom stereocenters. The molecule has 14 heavy (non-hydrogen) atoms. The van der Waals surface area contributed by atoms with Crippen LogP contribution in [0.2, 0.25) is 0 Å². The Morgan fingerprint density at radius 1 is 1.57 bits per heavy atom. The summed E-state index contributed by atoms with van der Waals surface area (Å²) in [5, 5.41) is 19.8. The van der Waals surface area contributed by atoms with Crippen molar-refractivity contribution in [2.45, 2.75) is 0 Å². The van der Waals surface area contributed by atoms with E-state index < -0.39 is 10.2 Å². The Morgan fingerprint density at radius 2 is 2.29 bits per heavy atom. The van der Waals surface area contributed by atoms with Crippen LogP contribution in [0.4, 0.5) is 5.82 Å². The highest BCUT2D eigenvalue weighted by molar-refractivity contribution is 7.87. The summed E-state index contributed by atoms with van der Waals surface area (Å²) in [6.07, 6.45) is 1.34. The van der Waals surface area contributed by atoms with Crippen LogP contribution in [0, 0.1) is 0 Å². The molecule has 1 aromatic heterocycles. The first-order valence-corrected chi connectivity index (χ1v) is 5.28. The third-order valence-electron chi connectivity index (χ3n) is 1.31. The molecule has 0 aliphatic heterocycles. The summed E-state index contributed by atoms with van der Waals surface area (Å²) in [5.41, 5.74) is 0. The molecule has 0 saturated heterocycles. The molecule has 0 unspecified atom stereocenters. The molecule has 8 nitrogen and oxygen atoms in total. The van der Waals surface area contributed by atoms with E-state index >= 15 is 0 Å². The van der Waals surface area contributed by atoms with E-state index in [-0.39, 0.29) is 6.54 Å². The summed E-state index contributed by atoms with van der Waals surface area (Å²) in [6, 6.07) is 1.54. The molecule has 0 amide bonds. The second-order valence-corrected chi connectivity index (χ2v) is 3.87. The summed E-state index contributed by atoms with van der Waals surface area (Å²) in [5.74, 6) is 0.448. The fraction of sp³-hybridized carbons (Fsp3) is 0.400. The lowest BCUT2D eigenvalue weighted by molar-refractivity contribution is 0.149. The molecule has 0 radical (unpaired) electrons. The largest absolute Gasteiger partial charge is 0.412 e. The minimum atomic E-state index is -3.64. The van der Waals surface area contributed by atoms with Gasteiger partial charge in [-0.05, 0) is 0 Å². The van der Waals surface area contributed by atoms with Crippen molar-refractivity contribution in [3.05, 3.63) is 12.3 Å². The van der Waals surface area contributed by atoms with Gasteiger partial charge in [-0.15, -0.1) is 9.94 Å². The second kappa shape index (κ2) is 4.26. The minimum absolute atomic E-state index is 0.150. The molecule has 0 aliphatic carbocycles. The zero-order chi connectivity index (χ0) is 10.6. The van der Waals surface area contributed by atoms with E-state index in [0.717, 1.165) is 0 Å². The third-order valence-corrected chi connectivity index (χ3v) is 1.92. The summed E-state index contributed by atoms with van der Waals surface area (Å²) in [4.78, 5) is 0.648. The van der Waals surface area contributed by atoms with Crippen LogP contribution in [0.3, 0.4) is 0 Å². The topological polar surface area (TPSA) is 122 Å². The number of anilines is 1. The molecule has 0 saturated carbocycles. The molecule has 1 aromatic rings. The van der Waals surface area contributed by atoms with Crippen molar-refractivity contribution in [1.29, 1.82) is 0 Å². The Labute approximate surface area is 80.9 Å². The van der Waals surface area contributed by atoms with Crippen molar-refractivity contribution >= 4 is 16.0 Å². The molecule has 1 heterocycles. The molecule has 0 aliphatic rings. The van der Waals surface area contributed by atoms with Gasteiger partial charge in [-0.25, -0.2) is 9.86 Å². The maximum absolute atomic E-state index is 10.4. The van der Waals surface area contributed by atoms with Gasteiger partial charge in [0.25, 0.3) is 10.2 Å². The molecule has 1 rings (SSSR count). The zero-order valence-corrected chi connectivity index (χ0v) is 8.03. The molecule has 80 valence electrons. The van der Waals surface area contributed by atoms with E-state index in [9.17, 15) is 8.42 Å². The molecule has 0 fully saturated rings.